The maximum atomic E-state index is 13.1. The molecule has 1 aliphatic heterocycles. The van der Waals surface area contributed by atoms with Gasteiger partial charge in [0.25, 0.3) is 0 Å². The quantitative estimate of drug-likeness (QED) is 0.0205. The van der Waals surface area contributed by atoms with Gasteiger partial charge in [0, 0.05) is 25.0 Å². The second-order valence-electron chi connectivity index (χ2n) is 11.9. The molecule has 2 fully saturated rings. The highest BCUT2D eigenvalue weighted by molar-refractivity contribution is 5.76. The van der Waals surface area contributed by atoms with E-state index in [9.17, 15) is 44.7 Å². The van der Waals surface area contributed by atoms with E-state index in [0.29, 0.717) is 25.8 Å². The highest BCUT2D eigenvalue weighted by Crippen LogP contribution is 2.34. The first-order chi connectivity index (χ1) is 23.5. The molecule has 2 rings (SSSR count). The number of carbonyl (C=O) groups excluding carboxylic acids is 4. The minimum atomic E-state index is -2.14. The molecule has 3 amide bonds. The Morgan fingerprint density at radius 1 is 0.760 bits per heavy atom. The highest BCUT2D eigenvalue weighted by atomic mass is 16.7. The Morgan fingerprint density at radius 2 is 1.32 bits per heavy atom. The first-order valence-electron chi connectivity index (χ1n) is 15.8. The molecule has 20 N–H and O–H groups in total. The van der Waals surface area contributed by atoms with E-state index in [4.69, 9.17) is 63.8 Å². The molecule has 0 spiro atoms. The standard InChI is InChI=1S/C27H51N9O14/c28-5-1-3-10(29)7-13(38)35-6-2-4-11(30)8-14(39)47-22-21(49-26(33)44)19(43)18(42)20(23(22)50-27(34)45)48-24-17(41)15(36-25(31)32)16(40)12(9-37)46-24/h10-12,15-24,37,40-43H,1-9,28-30H2,(H2,33,44)(H2,34,45)(H,35,38)(H4,31,32,36)/t10-,11-,12+,15+,16+,17+,18+,19-,20+,21-,22+,23-,24-/m0/s1. The number of esters is 1. The van der Waals surface area contributed by atoms with Crippen LogP contribution >= 0.6 is 0 Å². The number of aliphatic hydroxyl groups is 5. The lowest BCUT2D eigenvalue weighted by Gasteiger charge is -2.48. The lowest BCUT2D eigenvalue weighted by Crippen LogP contribution is -2.69. The van der Waals surface area contributed by atoms with Gasteiger partial charge in [-0.1, -0.05) is 0 Å². The molecule has 23 nitrogen and oxygen atoms in total. The van der Waals surface area contributed by atoms with E-state index in [0.717, 1.165) is 0 Å². The maximum absolute atomic E-state index is 13.1. The fourth-order valence-corrected chi connectivity index (χ4v) is 5.54. The van der Waals surface area contributed by atoms with Crippen molar-refractivity contribution in [2.45, 2.75) is 118 Å². The molecule has 1 saturated carbocycles. The van der Waals surface area contributed by atoms with Gasteiger partial charge in [-0.25, -0.2) is 14.6 Å². The van der Waals surface area contributed by atoms with Crippen LogP contribution in [0.25, 0.3) is 0 Å². The number of hydrogen-bond acceptors (Lipinski definition) is 18. The molecule has 1 heterocycles. The van der Waals surface area contributed by atoms with Crippen LogP contribution in [0.5, 0.6) is 0 Å². The second kappa shape index (κ2) is 20.3. The summed E-state index contributed by atoms with van der Waals surface area (Å²) in [6.45, 7) is -0.135. The fourth-order valence-electron chi connectivity index (χ4n) is 5.54. The van der Waals surface area contributed by atoms with Gasteiger partial charge in [-0.15, -0.1) is 0 Å². The number of guanidine groups is 1. The molecule has 2 aliphatic rings. The monoisotopic (exact) mass is 725 g/mol. The van der Waals surface area contributed by atoms with Crippen molar-refractivity contribution < 1.29 is 68.4 Å². The summed E-state index contributed by atoms with van der Waals surface area (Å²) in [5, 5.41) is 55.7. The van der Waals surface area contributed by atoms with Gasteiger partial charge in [0.05, 0.1) is 13.0 Å². The van der Waals surface area contributed by atoms with Crippen molar-refractivity contribution in [3.8, 4) is 0 Å². The Hall–Kier alpha value is -3.65. The second-order valence-corrected chi connectivity index (χ2v) is 11.9. The number of aliphatic hydroxyl groups excluding tert-OH is 5. The summed E-state index contributed by atoms with van der Waals surface area (Å²) in [7, 11) is 0. The molecule has 288 valence electrons. The van der Waals surface area contributed by atoms with E-state index in [1.54, 1.807) is 0 Å². The van der Waals surface area contributed by atoms with Gasteiger partial charge < -0.3 is 94.7 Å². The Morgan fingerprint density at radius 3 is 1.90 bits per heavy atom. The number of nitrogens with two attached hydrogens (primary N) is 7. The van der Waals surface area contributed by atoms with Gasteiger partial charge in [-0.3, -0.25) is 9.59 Å². The van der Waals surface area contributed by atoms with E-state index in [2.05, 4.69) is 10.3 Å². The summed E-state index contributed by atoms with van der Waals surface area (Å²) >= 11 is 0. The molecule has 23 heteroatoms. The smallest absolute Gasteiger partial charge is 0.405 e. The summed E-state index contributed by atoms with van der Waals surface area (Å²) < 4.78 is 26.5. The molecule has 0 radical (unpaired) electrons. The molecule has 1 aliphatic carbocycles. The molecule has 0 bridgehead atoms. The summed E-state index contributed by atoms with van der Waals surface area (Å²) in [6.07, 6.45) is -20.5. The Balaban J connectivity index is 2.21. The van der Waals surface area contributed by atoms with Crippen LogP contribution < -0.4 is 45.5 Å². The van der Waals surface area contributed by atoms with E-state index in [1.165, 1.54) is 0 Å². The third-order valence-corrected chi connectivity index (χ3v) is 7.93. The average Bonchev–Trinajstić information content (AvgIpc) is 3.02. The van der Waals surface area contributed by atoms with Gasteiger partial charge in [0.15, 0.2) is 30.6 Å². The van der Waals surface area contributed by atoms with Crippen LogP contribution in [0.15, 0.2) is 4.99 Å². The molecular formula is C27H51N9O14. The van der Waals surface area contributed by atoms with E-state index < -0.39 is 110 Å². The summed E-state index contributed by atoms with van der Waals surface area (Å²) in [4.78, 5) is 52.6. The molecule has 0 aromatic heterocycles. The van der Waals surface area contributed by atoms with E-state index >= 15 is 0 Å². The number of rotatable bonds is 18. The summed E-state index contributed by atoms with van der Waals surface area (Å²) in [6, 6.07) is -2.70. The van der Waals surface area contributed by atoms with Crippen molar-refractivity contribution in [3.63, 3.8) is 0 Å². The average molecular weight is 726 g/mol. The highest BCUT2D eigenvalue weighted by Gasteiger charge is 2.58. The summed E-state index contributed by atoms with van der Waals surface area (Å²) in [5.41, 5.74) is 38.6. The normalized spacial score (nSPS) is 32.2. The van der Waals surface area contributed by atoms with Crippen LogP contribution in [0.2, 0.25) is 0 Å². The minimum absolute atomic E-state index is 0.112. The van der Waals surface area contributed by atoms with Crippen LogP contribution in [0.3, 0.4) is 0 Å². The Bertz CT molecular complexity index is 1150. The zero-order valence-electron chi connectivity index (χ0n) is 27.3. The minimum Gasteiger partial charge on any atom is -0.454 e. The molecule has 13 atom stereocenters. The van der Waals surface area contributed by atoms with Gasteiger partial charge in [-0.2, -0.15) is 0 Å². The van der Waals surface area contributed by atoms with Crippen molar-refractivity contribution in [1.29, 1.82) is 0 Å². The Labute approximate surface area is 286 Å². The predicted octanol–water partition coefficient (Wildman–Crippen LogP) is -6.90. The number of nitrogens with one attached hydrogen (secondary N) is 1. The lowest BCUT2D eigenvalue weighted by atomic mass is 9.84. The van der Waals surface area contributed by atoms with Gasteiger partial charge in [0.2, 0.25) is 5.91 Å². The van der Waals surface area contributed by atoms with Crippen molar-refractivity contribution in [2.24, 2.45) is 45.1 Å². The molecule has 0 aromatic rings. The van der Waals surface area contributed by atoms with Gasteiger partial charge >= 0.3 is 18.2 Å². The van der Waals surface area contributed by atoms with Crippen LogP contribution in [0.4, 0.5) is 9.59 Å². The van der Waals surface area contributed by atoms with Crippen molar-refractivity contribution in [3.05, 3.63) is 0 Å². The fraction of sp³-hybridized carbons (Fsp3) is 0.815. The number of amides is 3. The zero-order valence-corrected chi connectivity index (χ0v) is 27.3. The number of hydrogen-bond donors (Lipinski definition) is 13. The van der Waals surface area contributed by atoms with Gasteiger partial charge in [0.1, 0.15) is 42.7 Å². The predicted molar refractivity (Wildman–Crippen MR) is 169 cm³/mol. The number of carbonyl (C=O) groups is 4. The molecule has 0 unspecified atom stereocenters. The zero-order chi connectivity index (χ0) is 37.7. The summed E-state index contributed by atoms with van der Waals surface area (Å²) in [5.74, 6) is -1.88. The molecule has 0 aromatic carbocycles. The van der Waals surface area contributed by atoms with Crippen LogP contribution in [-0.2, 0) is 33.3 Å². The molecule has 50 heavy (non-hydrogen) atoms. The largest absolute Gasteiger partial charge is 0.454 e. The Kier molecular flexibility index (Phi) is 17.2. The van der Waals surface area contributed by atoms with Crippen molar-refractivity contribution in [1.82, 2.24) is 5.32 Å². The van der Waals surface area contributed by atoms with Crippen LogP contribution in [0.1, 0.15) is 38.5 Å². The maximum Gasteiger partial charge on any atom is 0.405 e. The number of primary amides is 2. The third kappa shape index (κ3) is 12.6. The van der Waals surface area contributed by atoms with Gasteiger partial charge in [-0.05, 0) is 32.2 Å². The SMILES string of the molecule is NCCC[C@H](N)CC(=O)NCCC[C@H](N)CC(=O)O[C@H]1[C@@H](OC(N)=O)[C@H](O[C@@H]2O[C@H](CO)[C@@H](O)[C@@H](N=C(N)N)[C@H]2O)[C@H](O)[C@H](O)[C@@H]1OC(N)=O. The number of nitrogens with zero attached hydrogens (tertiary/aromatic N) is 1. The molecule has 1 saturated heterocycles. The van der Waals surface area contributed by atoms with Crippen LogP contribution in [0, 0.1) is 0 Å². The van der Waals surface area contributed by atoms with Crippen molar-refractivity contribution >= 4 is 30.0 Å². The topological polar surface area (TPSA) is 422 Å². The van der Waals surface area contributed by atoms with E-state index in [-0.39, 0.29) is 31.3 Å². The van der Waals surface area contributed by atoms with Crippen molar-refractivity contribution in [2.75, 3.05) is 19.7 Å². The lowest BCUT2D eigenvalue weighted by molar-refractivity contribution is -0.324. The number of ether oxygens (including phenoxy) is 5. The first-order valence-corrected chi connectivity index (χ1v) is 15.8. The van der Waals surface area contributed by atoms with Crippen LogP contribution in [-0.4, -0.2) is 155 Å². The number of aliphatic imine (C=N–C) groups is 1. The first kappa shape index (κ1) is 42.5. The third-order valence-electron chi connectivity index (χ3n) is 7.93. The molecular weight excluding hydrogens is 674 g/mol. The van der Waals surface area contributed by atoms with E-state index in [1.807, 2.05) is 0 Å².